The van der Waals surface area contributed by atoms with E-state index in [1.165, 1.54) is 0 Å². The van der Waals surface area contributed by atoms with Crippen molar-refractivity contribution in [2.75, 3.05) is 5.73 Å². The van der Waals surface area contributed by atoms with Crippen molar-refractivity contribution >= 4 is 34.4 Å². The maximum Gasteiger partial charge on any atom is 0.350 e. The molecule has 17 heavy (non-hydrogen) atoms. The molecule has 1 aliphatic carbocycles. The van der Waals surface area contributed by atoms with Crippen LogP contribution < -0.4 is 5.73 Å². The van der Waals surface area contributed by atoms with E-state index in [4.69, 9.17) is 15.7 Å². The third kappa shape index (κ3) is 2.26. The molecule has 1 fully saturated rings. The van der Waals surface area contributed by atoms with Crippen LogP contribution in [-0.4, -0.2) is 33.7 Å². The van der Waals surface area contributed by atoms with Crippen molar-refractivity contribution in [3.05, 3.63) is 11.1 Å². The summed E-state index contributed by atoms with van der Waals surface area (Å²) in [6, 6.07) is 0. The first-order valence-electron chi connectivity index (χ1n) is 4.73. The molecule has 1 heterocycles. The molecular weight excluding hydrogens is 246 g/mol. The largest absolute Gasteiger partial charge is 0.478 e. The third-order valence-electron chi connectivity index (χ3n) is 2.31. The molecule has 0 unspecified atom stereocenters. The lowest BCUT2D eigenvalue weighted by Gasteiger charge is -2.06. The number of carbonyl (C=O) groups excluding carboxylic acids is 1. The van der Waals surface area contributed by atoms with Crippen LogP contribution in [0, 0.1) is 0 Å². The minimum atomic E-state index is -1.27. The van der Waals surface area contributed by atoms with Crippen LogP contribution >= 0.6 is 11.3 Å². The molecule has 1 aromatic rings. The van der Waals surface area contributed by atoms with Gasteiger partial charge in [0.15, 0.2) is 17.1 Å². The van der Waals surface area contributed by atoms with E-state index in [0.717, 1.165) is 11.3 Å². The maximum absolute atomic E-state index is 10.8. The summed E-state index contributed by atoms with van der Waals surface area (Å²) in [5.41, 5.74) is 4.36. The lowest BCUT2D eigenvalue weighted by molar-refractivity contribution is -0.153. The van der Waals surface area contributed by atoms with E-state index in [1.807, 2.05) is 0 Å². The number of oxime groups is 1. The number of carboxylic acids is 1. The number of carbonyl (C=O) groups is 2. The maximum atomic E-state index is 10.8. The highest BCUT2D eigenvalue weighted by atomic mass is 32.1. The highest BCUT2D eigenvalue weighted by Crippen LogP contribution is 2.40. The van der Waals surface area contributed by atoms with Crippen molar-refractivity contribution < 1.29 is 19.5 Å². The Balaban J connectivity index is 2.14. The number of aliphatic carboxylic acids is 1. The van der Waals surface area contributed by atoms with Crippen molar-refractivity contribution in [2.24, 2.45) is 5.16 Å². The number of nitrogen functional groups attached to an aromatic ring is 1. The fourth-order valence-corrected chi connectivity index (χ4v) is 1.69. The minimum Gasteiger partial charge on any atom is -0.478 e. The predicted molar refractivity (Wildman–Crippen MR) is 59.8 cm³/mol. The van der Waals surface area contributed by atoms with Crippen molar-refractivity contribution in [3.63, 3.8) is 0 Å². The standard InChI is InChI=1S/C9H9N3O4S/c10-8-11-6(4-17-8)5(3-13)12-16-9(1-2-9)7(14)15/h3-4H,1-2H2,(H2,10,11)(H,14,15)/b12-5+. The number of hydrogen-bond donors (Lipinski definition) is 2. The molecule has 0 radical (unpaired) electrons. The number of nitrogens with two attached hydrogens (primary N) is 1. The first-order chi connectivity index (χ1) is 8.07. The summed E-state index contributed by atoms with van der Waals surface area (Å²) in [5, 5.41) is 14.2. The van der Waals surface area contributed by atoms with Crippen LogP contribution in [0.5, 0.6) is 0 Å². The molecule has 0 saturated heterocycles. The number of aromatic nitrogens is 1. The highest BCUT2D eigenvalue weighted by Gasteiger charge is 2.54. The van der Waals surface area contributed by atoms with Crippen LogP contribution in [0.2, 0.25) is 0 Å². The number of anilines is 1. The van der Waals surface area contributed by atoms with Crippen LogP contribution in [-0.2, 0) is 14.4 Å². The summed E-state index contributed by atoms with van der Waals surface area (Å²) in [6.45, 7) is 0. The summed E-state index contributed by atoms with van der Waals surface area (Å²) in [7, 11) is 0. The average Bonchev–Trinajstić information content (AvgIpc) is 2.97. The van der Waals surface area contributed by atoms with E-state index in [9.17, 15) is 9.59 Å². The molecule has 0 aromatic carbocycles. The molecule has 1 aliphatic rings. The number of rotatable bonds is 5. The fourth-order valence-electron chi connectivity index (χ4n) is 1.13. The molecule has 90 valence electrons. The smallest absolute Gasteiger partial charge is 0.350 e. The molecule has 3 N–H and O–H groups in total. The fraction of sp³-hybridized carbons (Fsp3) is 0.333. The van der Waals surface area contributed by atoms with Crippen molar-refractivity contribution in [3.8, 4) is 0 Å². The Morgan fingerprint density at radius 3 is 2.82 bits per heavy atom. The lowest BCUT2D eigenvalue weighted by Crippen LogP contribution is -2.24. The Morgan fingerprint density at radius 2 is 2.41 bits per heavy atom. The Morgan fingerprint density at radius 1 is 1.71 bits per heavy atom. The number of hydrogen-bond acceptors (Lipinski definition) is 7. The first kappa shape index (κ1) is 11.5. The van der Waals surface area contributed by atoms with Crippen molar-refractivity contribution in [1.29, 1.82) is 0 Å². The number of nitrogens with zero attached hydrogens (tertiary/aromatic N) is 2. The predicted octanol–water partition coefficient (Wildman–Crippen LogP) is 0.262. The molecule has 1 saturated carbocycles. The Hall–Kier alpha value is -1.96. The van der Waals surface area contributed by atoms with Gasteiger partial charge in [-0.05, 0) is 0 Å². The molecule has 0 spiro atoms. The van der Waals surface area contributed by atoms with E-state index in [1.54, 1.807) is 5.38 Å². The van der Waals surface area contributed by atoms with Gasteiger partial charge in [-0.1, -0.05) is 5.16 Å². The van der Waals surface area contributed by atoms with E-state index < -0.39 is 11.6 Å². The quantitative estimate of drug-likeness (QED) is 0.443. The SMILES string of the molecule is Nc1nc(/C(C=O)=N/OC2(C(=O)O)CC2)cs1. The van der Waals surface area contributed by atoms with Crippen molar-refractivity contribution in [1.82, 2.24) is 4.98 Å². The van der Waals surface area contributed by atoms with Gasteiger partial charge in [0.1, 0.15) is 5.69 Å². The second-order valence-electron chi connectivity index (χ2n) is 3.56. The van der Waals surface area contributed by atoms with E-state index in [-0.39, 0.29) is 11.4 Å². The Labute approximate surface area is 99.9 Å². The minimum absolute atomic E-state index is 0.0644. The zero-order valence-electron chi connectivity index (χ0n) is 8.62. The van der Waals surface area contributed by atoms with E-state index in [0.29, 0.717) is 24.3 Å². The topological polar surface area (TPSA) is 115 Å². The zero-order valence-corrected chi connectivity index (χ0v) is 9.44. The Kier molecular flexibility index (Phi) is 2.80. The van der Waals surface area contributed by atoms with Gasteiger partial charge >= 0.3 is 5.97 Å². The average molecular weight is 255 g/mol. The molecule has 0 amide bonds. The molecule has 8 heteroatoms. The molecule has 2 rings (SSSR count). The Bertz CT molecular complexity index is 492. The number of thiazole rings is 1. The first-order valence-corrected chi connectivity index (χ1v) is 5.61. The van der Waals surface area contributed by atoms with Crippen LogP contribution in [0.4, 0.5) is 5.13 Å². The summed E-state index contributed by atoms with van der Waals surface area (Å²) >= 11 is 1.16. The van der Waals surface area contributed by atoms with Gasteiger partial charge in [0.2, 0.25) is 5.60 Å². The van der Waals surface area contributed by atoms with Gasteiger partial charge in [0.25, 0.3) is 0 Å². The van der Waals surface area contributed by atoms with Crippen molar-refractivity contribution in [2.45, 2.75) is 18.4 Å². The zero-order chi connectivity index (χ0) is 12.5. The summed E-state index contributed by atoms with van der Waals surface area (Å²) in [4.78, 5) is 30.4. The summed E-state index contributed by atoms with van der Waals surface area (Å²) < 4.78 is 0. The molecule has 1 aromatic heterocycles. The van der Waals surface area contributed by atoms with E-state index >= 15 is 0 Å². The van der Waals surface area contributed by atoms with Gasteiger partial charge < -0.3 is 15.7 Å². The number of aldehydes is 1. The molecule has 0 atom stereocenters. The van der Waals surface area contributed by atoms with Crippen LogP contribution in [0.1, 0.15) is 18.5 Å². The normalized spacial score (nSPS) is 17.5. The summed E-state index contributed by atoms with van der Waals surface area (Å²) in [6.07, 6.45) is 1.22. The highest BCUT2D eigenvalue weighted by molar-refractivity contribution is 7.13. The van der Waals surface area contributed by atoms with Crippen LogP contribution in [0.3, 0.4) is 0 Å². The van der Waals surface area contributed by atoms with Gasteiger partial charge in [-0.3, -0.25) is 4.79 Å². The van der Waals surface area contributed by atoms with Gasteiger partial charge in [-0.2, -0.15) is 0 Å². The molecular formula is C9H9N3O4S. The second-order valence-corrected chi connectivity index (χ2v) is 4.45. The van der Waals surface area contributed by atoms with Crippen LogP contribution in [0.15, 0.2) is 10.5 Å². The number of carboxylic acid groups (broad SMARTS) is 1. The summed E-state index contributed by atoms with van der Waals surface area (Å²) in [5.74, 6) is -1.08. The van der Waals surface area contributed by atoms with Gasteiger partial charge in [0, 0.05) is 18.2 Å². The molecule has 0 aliphatic heterocycles. The third-order valence-corrected chi connectivity index (χ3v) is 2.98. The second kappa shape index (κ2) is 4.13. The van der Waals surface area contributed by atoms with Gasteiger partial charge in [-0.15, -0.1) is 11.3 Å². The van der Waals surface area contributed by atoms with Crippen LogP contribution in [0.25, 0.3) is 0 Å². The molecule has 0 bridgehead atoms. The van der Waals surface area contributed by atoms with E-state index in [2.05, 4.69) is 10.1 Å². The van der Waals surface area contributed by atoms with Gasteiger partial charge in [-0.25, -0.2) is 9.78 Å². The van der Waals surface area contributed by atoms with Gasteiger partial charge in [0.05, 0.1) is 0 Å². The monoisotopic (exact) mass is 255 g/mol. The lowest BCUT2D eigenvalue weighted by atomic mass is 10.3. The molecule has 7 nitrogen and oxygen atoms in total.